The van der Waals surface area contributed by atoms with Crippen LogP contribution in [0.2, 0.25) is 0 Å². The molecule has 0 aliphatic carbocycles. The molecule has 0 spiro atoms. The first kappa shape index (κ1) is 43.7. The molecule has 3 aromatic heterocycles. The van der Waals surface area contributed by atoms with Gasteiger partial charge in [0.05, 0.1) is 21.4 Å². The highest BCUT2D eigenvalue weighted by Gasteiger charge is 2.26. The van der Waals surface area contributed by atoms with Crippen molar-refractivity contribution in [3.8, 4) is 11.1 Å². The lowest BCUT2D eigenvalue weighted by Crippen LogP contribution is -2.32. The number of pyridine rings is 1. The maximum Gasteiger partial charge on any atom is 0.188 e. The van der Waals surface area contributed by atoms with Gasteiger partial charge in [0.25, 0.3) is 0 Å². The number of hydrogen-bond acceptors (Lipinski definition) is 8. The fourth-order valence-corrected chi connectivity index (χ4v) is 11.0. The van der Waals surface area contributed by atoms with Gasteiger partial charge in [0, 0.05) is 76.7 Å². The predicted octanol–water partition coefficient (Wildman–Crippen LogP) is 13.5. The summed E-state index contributed by atoms with van der Waals surface area (Å²) in [5, 5.41) is 17.4. The summed E-state index contributed by atoms with van der Waals surface area (Å²) in [7, 11) is 2.02. The molecule has 3 N–H and O–H groups in total. The molecule has 8 aromatic rings. The fraction of sp³-hybridized carbons (Fsp3) is 0.224. The van der Waals surface area contributed by atoms with Crippen molar-refractivity contribution < 1.29 is 0 Å². The van der Waals surface area contributed by atoms with Gasteiger partial charge in [-0.15, -0.1) is 0 Å². The molecule has 0 saturated carbocycles. The molecular formula is C58H58N8S. The number of nitrogens with zero attached hydrogens (tertiary/aromatic N) is 5. The lowest BCUT2D eigenvalue weighted by molar-refractivity contribution is 0.575. The Labute approximate surface area is 398 Å². The zero-order chi connectivity index (χ0) is 46.2. The number of rotatable bonds is 14. The van der Waals surface area contributed by atoms with E-state index in [-0.39, 0.29) is 5.92 Å². The fourth-order valence-electron chi connectivity index (χ4n) is 10.1. The summed E-state index contributed by atoms with van der Waals surface area (Å²) in [5.74, 6) is 1.17. The van der Waals surface area contributed by atoms with Gasteiger partial charge in [-0.25, -0.2) is 9.97 Å². The third kappa shape index (κ3) is 9.04. The van der Waals surface area contributed by atoms with Crippen LogP contribution in [-0.2, 0) is 32.9 Å². The number of hydrogen-bond donors (Lipinski definition) is 3. The van der Waals surface area contributed by atoms with Gasteiger partial charge in [0.15, 0.2) is 5.13 Å². The molecule has 67 heavy (non-hydrogen) atoms. The smallest absolute Gasteiger partial charge is 0.188 e. The molecule has 10 rings (SSSR count). The lowest BCUT2D eigenvalue weighted by atomic mass is 9.90. The first-order valence-electron chi connectivity index (χ1n) is 23.4. The van der Waals surface area contributed by atoms with Crippen LogP contribution in [-0.4, -0.2) is 26.3 Å². The van der Waals surface area contributed by atoms with Crippen molar-refractivity contribution in [3.05, 3.63) is 209 Å². The minimum absolute atomic E-state index is 0.172. The van der Waals surface area contributed by atoms with E-state index in [1.165, 1.54) is 44.5 Å². The minimum Gasteiger partial charge on any atom is -0.363 e. The molecule has 8 nitrogen and oxygen atoms in total. The molecular weight excluding hydrogens is 841 g/mol. The largest absolute Gasteiger partial charge is 0.363 e. The molecule has 2 aliphatic rings. The van der Waals surface area contributed by atoms with Gasteiger partial charge in [-0.2, -0.15) is 5.10 Å². The van der Waals surface area contributed by atoms with Crippen LogP contribution in [0.1, 0.15) is 81.9 Å². The van der Waals surface area contributed by atoms with Gasteiger partial charge in [-0.1, -0.05) is 110 Å². The predicted molar refractivity (Wildman–Crippen MR) is 282 cm³/mol. The van der Waals surface area contributed by atoms with E-state index >= 15 is 0 Å². The van der Waals surface area contributed by atoms with Crippen LogP contribution >= 0.6 is 11.3 Å². The van der Waals surface area contributed by atoms with Crippen LogP contribution in [0.25, 0.3) is 37.9 Å². The summed E-state index contributed by atoms with van der Waals surface area (Å²) < 4.78 is 3.14. The summed E-state index contributed by atoms with van der Waals surface area (Å²) in [5.41, 5.74) is 20.7. The average Bonchev–Trinajstić information content (AvgIpc) is 3.89. The van der Waals surface area contributed by atoms with Crippen LogP contribution in [0.4, 0.5) is 16.6 Å². The van der Waals surface area contributed by atoms with Crippen molar-refractivity contribution in [1.29, 1.82) is 0 Å². The number of thiazole rings is 1. The Hall–Kier alpha value is -7.23. The van der Waals surface area contributed by atoms with Crippen molar-refractivity contribution in [3.63, 3.8) is 0 Å². The highest BCUT2D eigenvalue weighted by Crippen LogP contribution is 2.38. The Kier molecular flexibility index (Phi) is 12.1. The second-order valence-electron chi connectivity index (χ2n) is 18.2. The zero-order valence-corrected chi connectivity index (χ0v) is 39.7. The average molecular weight is 899 g/mol. The Balaban J connectivity index is 0.780. The van der Waals surface area contributed by atoms with E-state index in [1.54, 1.807) is 11.3 Å². The quantitative estimate of drug-likeness (QED) is 0.100. The summed E-state index contributed by atoms with van der Waals surface area (Å²) in [4.78, 5) is 12.5. The van der Waals surface area contributed by atoms with E-state index in [0.717, 1.165) is 136 Å². The molecule has 9 heteroatoms. The van der Waals surface area contributed by atoms with Crippen molar-refractivity contribution in [2.24, 2.45) is 7.05 Å². The van der Waals surface area contributed by atoms with Gasteiger partial charge >= 0.3 is 0 Å². The second kappa shape index (κ2) is 18.6. The molecule has 336 valence electrons. The van der Waals surface area contributed by atoms with Gasteiger partial charge in [-0.3, -0.25) is 4.68 Å². The summed E-state index contributed by atoms with van der Waals surface area (Å²) >= 11 is 1.65. The van der Waals surface area contributed by atoms with E-state index in [2.05, 4.69) is 164 Å². The number of anilines is 3. The number of para-hydroxylation sites is 1. The van der Waals surface area contributed by atoms with E-state index in [9.17, 15) is 0 Å². The number of benzene rings is 5. The van der Waals surface area contributed by atoms with E-state index < -0.39 is 0 Å². The molecule has 5 heterocycles. The highest BCUT2D eigenvalue weighted by molar-refractivity contribution is 7.22. The van der Waals surface area contributed by atoms with Crippen molar-refractivity contribution in [1.82, 2.24) is 25.1 Å². The number of aryl methyl sites for hydroxylation is 3. The third-order valence-corrected chi connectivity index (χ3v) is 14.7. The zero-order valence-electron chi connectivity index (χ0n) is 38.9. The van der Waals surface area contributed by atoms with Gasteiger partial charge < -0.3 is 20.9 Å². The summed E-state index contributed by atoms with van der Waals surface area (Å²) in [6.07, 6.45) is 6.57. The Bertz CT molecular complexity index is 3210. The van der Waals surface area contributed by atoms with E-state index in [0.29, 0.717) is 0 Å². The normalized spacial score (nSPS) is 14.9. The first-order valence-corrected chi connectivity index (χ1v) is 24.2. The number of allylic oxidation sites excluding steroid dienone is 3. The Morgan fingerprint density at radius 1 is 0.821 bits per heavy atom. The molecule has 1 unspecified atom stereocenters. The molecule has 0 radical (unpaired) electrons. The van der Waals surface area contributed by atoms with Crippen LogP contribution < -0.4 is 20.9 Å². The van der Waals surface area contributed by atoms with Crippen LogP contribution in [0.5, 0.6) is 0 Å². The lowest BCUT2D eigenvalue weighted by Gasteiger charge is -2.32. The van der Waals surface area contributed by atoms with Crippen molar-refractivity contribution >= 4 is 54.8 Å². The second-order valence-corrected chi connectivity index (χ2v) is 19.2. The minimum atomic E-state index is 0.172. The maximum absolute atomic E-state index is 5.25. The molecule has 5 aromatic carbocycles. The van der Waals surface area contributed by atoms with E-state index in [4.69, 9.17) is 15.1 Å². The molecule has 2 aliphatic heterocycles. The van der Waals surface area contributed by atoms with Crippen molar-refractivity contribution in [2.75, 3.05) is 22.1 Å². The van der Waals surface area contributed by atoms with Gasteiger partial charge in [-0.05, 0) is 140 Å². The number of fused-ring (bicyclic) bond motifs is 3. The van der Waals surface area contributed by atoms with Crippen LogP contribution in [0.15, 0.2) is 159 Å². The van der Waals surface area contributed by atoms with Gasteiger partial charge in [0.1, 0.15) is 5.82 Å². The van der Waals surface area contributed by atoms with Gasteiger partial charge in [0.2, 0.25) is 0 Å². The number of piperidine rings is 1. The standard InChI is InChI=1S/C58H58N8S/c1-36(60-46-26-28-51-54(34-46)65(7)64-57(51)50-27-25-37(2)59-41(50)6)15-12-18-42-16-8-9-17-45(42)33-44-20-14-21-47(38(44)3)49-29-30-56(61-39(49)4)66-32-31-43-19-13-22-48(52(43)35-66)40(5)62-58-63-53-23-10-11-24-55(53)67-58/h8-11,13-14,16-17,19-24,26,28-30,34,50,59-60H,1-2,5-6,12,15,18,25,27,31-33,35H2,3-4,7H3,(H,62,63). The molecule has 1 saturated heterocycles. The third-order valence-electron chi connectivity index (χ3n) is 13.7. The van der Waals surface area contributed by atoms with Crippen molar-refractivity contribution in [2.45, 2.75) is 71.3 Å². The Morgan fingerprint density at radius 2 is 1.63 bits per heavy atom. The number of aromatic nitrogens is 4. The topological polar surface area (TPSA) is 82.9 Å². The molecule has 0 bridgehead atoms. The molecule has 0 amide bonds. The SMILES string of the molecule is C=C1CCC(c2nn(C)c3cc(NC(=C)CCCc4ccccc4Cc4cccc(-c5ccc(N6CCc7cccc(C(=C)Nc8nc9ccccc9s8)c7C6)nc5C)c4C)ccc23)C(=C)N1. The monoisotopic (exact) mass is 898 g/mol. The highest BCUT2D eigenvalue weighted by atomic mass is 32.1. The Morgan fingerprint density at radius 3 is 2.46 bits per heavy atom. The first-order chi connectivity index (χ1) is 32.6. The summed E-state index contributed by atoms with van der Waals surface area (Å²) in [6.45, 7) is 23.3. The summed E-state index contributed by atoms with van der Waals surface area (Å²) in [6, 6.07) is 41.4. The van der Waals surface area contributed by atoms with Crippen LogP contribution in [0, 0.1) is 13.8 Å². The van der Waals surface area contributed by atoms with E-state index in [1.807, 2.05) is 23.9 Å². The number of nitrogens with one attached hydrogen (secondary N) is 3. The maximum atomic E-state index is 5.25. The molecule has 1 atom stereocenters. The molecule has 1 fully saturated rings. The van der Waals surface area contributed by atoms with Crippen LogP contribution in [0.3, 0.4) is 0 Å².